The molecular formula is C11H12BrNO3. The van der Waals surface area contributed by atoms with Crippen molar-refractivity contribution in [1.29, 1.82) is 0 Å². The van der Waals surface area contributed by atoms with Crippen molar-refractivity contribution in [3.8, 4) is 0 Å². The minimum Gasteiger partial charge on any atom is -0.480 e. The van der Waals surface area contributed by atoms with Gasteiger partial charge in [0.2, 0.25) is 5.91 Å². The second kappa shape index (κ2) is 6.27. The lowest BCUT2D eigenvalue weighted by atomic mass is 10.2. The fraction of sp³-hybridized carbons (Fsp3) is 0.273. The van der Waals surface area contributed by atoms with Crippen LogP contribution in [0.15, 0.2) is 30.3 Å². The Morgan fingerprint density at radius 3 is 2.38 bits per heavy atom. The van der Waals surface area contributed by atoms with Crippen molar-refractivity contribution in [3.05, 3.63) is 35.9 Å². The second-order valence-electron chi connectivity index (χ2n) is 3.26. The molecule has 16 heavy (non-hydrogen) atoms. The quantitative estimate of drug-likeness (QED) is 0.834. The van der Waals surface area contributed by atoms with Crippen LogP contribution in [0.4, 0.5) is 0 Å². The molecule has 0 spiro atoms. The van der Waals surface area contributed by atoms with Gasteiger partial charge in [0.15, 0.2) is 0 Å². The number of halogens is 1. The molecule has 0 aliphatic heterocycles. The van der Waals surface area contributed by atoms with Crippen LogP contribution in [0.5, 0.6) is 0 Å². The normalized spacial score (nSPS) is 9.81. The first-order valence-electron chi connectivity index (χ1n) is 4.73. The van der Waals surface area contributed by atoms with E-state index in [1.807, 2.05) is 30.3 Å². The summed E-state index contributed by atoms with van der Waals surface area (Å²) >= 11 is 3.03. The van der Waals surface area contributed by atoms with Gasteiger partial charge >= 0.3 is 5.97 Å². The molecule has 0 bridgehead atoms. The Balaban J connectivity index is 2.70. The van der Waals surface area contributed by atoms with Crippen LogP contribution in [0.3, 0.4) is 0 Å². The minimum atomic E-state index is -1.01. The smallest absolute Gasteiger partial charge is 0.323 e. The Hall–Kier alpha value is -1.36. The number of hydrogen-bond acceptors (Lipinski definition) is 2. The van der Waals surface area contributed by atoms with Crippen LogP contribution in [0, 0.1) is 0 Å². The van der Waals surface area contributed by atoms with Gasteiger partial charge in [-0.15, -0.1) is 0 Å². The molecule has 1 amide bonds. The molecule has 4 nitrogen and oxygen atoms in total. The molecule has 0 aliphatic carbocycles. The first-order valence-corrected chi connectivity index (χ1v) is 5.85. The van der Waals surface area contributed by atoms with E-state index >= 15 is 0 Å². The monoisotopic (exact) mass is 285 g/mol. The summed E-state index contributed by atoms with van der Waals surface area (Å²) in [6, 6.07) is 9.30. The Morgan fingerprint density at radius 2 is 1.88 bits per heavy atom. The first kappa shape index (κ1) is 12.7. The molecule has 0 fully saturated rings. The van der Waals surface area contributed by atoms with Gasteiger partial charge in [-0.1, -0.05) is 46.3 Å². The Labute approximate surface area is 102 Å². The number of carboxylic acid groups (broad SMARTS) is 1. The molecule has 5 heteroatoms. The lowest BCUT2D eigenvalue weighted by Gasteiger charge is -2.19. The maximum atomic E-state index is 11.5. The maximum Gasteiger partial charge on any atom is 0.323 e. The summed E-state index contributed by atoms with van der Waals surface area (Å²) in [5.74, 6) is -1.24. The van der Waals surface area contributed by atoms with E-state index in [1.165, 1.54) is 4.90 Å². The zero-order chi connectivity index (χ0) is 12.0. The van der Waals surface area contributed by atoms with Crippen LogP contribution in [0.1, 0.15) is 5.56 Å². The zero-order valence-electron chi connectivity index (χ0n) is 8.60. The highest BCUT2D eigenvalue weighted by Gasteiger charge is 2.15. The molecule has 0 unspecified atom stereocenters. The highest BCUT2D eigenvalue weighted by Crippen LogP contribution is 2.05. The molecular weight excluding hydrogens is 274 g/mol. The second-order valence-corrected chi connectivity index (χ2v) is 3.82. The summed E-state index contributed by atoms with van der Waals surface area (Å²) < 4.78 is 0. The van der Waals surface area contributed by atoms with Crippen LogP contribution in [0.2, 0.25) is 0 Å². The summed E-state index contributed by atoms with van der Waals surface area (Å²) in [7, 11) is 0. The predicted molar refractivity (Wildman–Crippen MR) is 63.3 cm³/mol. The first-order chi connectivity index (χ1) is 7.63. The Kier molecular flexibility index (Phi) is 4.98. The number of alkyl halides is 1. The average molecular weight is 286 g/mol. The molecule has 0 aliphatic rings. The third kappa shape index (κ3) is 4.02. The fourth-order valence-electron chi connectivity index (χ4n) is 1.28. The van der Waals surface area contributed by atoms with Gasteiger partial charge in [0.1, 0.15) is 6.54 Å². The van der Waals surface area contributed by atoms with E-state index in [0.717, 1.165) is 5.56 Å². The van der Waals surface area contributed by atoms with E-state index in [4.69, 9.17) is 5.11 Å². The van der Waals surface area contributed by atoms with Crippen molar-refractivity contribution in [3.63, 3.8) is 0 Å². The molecule has 0 saturated carbocycles. The van der Waals surface area contributed by atoms with Gasteiger partial charge in [-0.3, -0.25) is 9.59 Å². The number of aliphatic carboxylic acids is 1. The highest BCUT2D eigenvalue weighted by atomic mass is 79.9. The van der Waals surface area contributed by atoms with E-state index in [2.05, 4.69) is 15.9 Å². The summed E-state index contributed by atoms with van der Waals surface area (Å²) in [6.45, 7) is 0.0386. The van der Waals surface area contributed by atoms with Gasteiger partial charge in [0.25, 0.3) is 0 Å². The zero-order valence-corrected chi connectivity index (χ0v) is 10.2. The summed E-state index contributed by atoms with van der Waals surface area (Å²) in [4.78, 5) is 23.4. The van der Waals surface area contributed by atoms with E-state index in [1.54, 1.807) is 0 Å². The van der Waals surface area contributed by atoms with Crippen LogP contribution in [0.25, 0.3) is 0 Å². The minimum absolute atomic E-state index is 0.132. The lowest BCUT2D eigenvalue weighted by Crippen LogP contribution is -2.35. The van der Waals surface area contributed by atoms with Crippen LogP contribution in [-0.4, -0.2) is 33.8 Å². The predicted octanol–water partition coefficient (Wildman–Crippen LogP) is 1.49. The SMILES string of the molecule is O=C(O)CN(Cc1ccccc1)C(=O)CBr. The number of benzene rings is 1. The largest absolute Gasteiger partial charge is 0.480 e. The van der Waals surface area contributed by atoms with Crippen molar-refractivity contribution in [2.45, 2.75) is 6.54 Å². The van der Waals surface area contributed by atoms with E-state index in [-0.39, 0.29) is 17.8 Å². The summed E-state index contributed by atoms with van der Waals surface area (Å²) in [5.41, 5.74) is 0.915. The number of nitrogens with zero attached hydrogens (tertiary/aromatic N) is 1. The molecule has 0 radical (unpaired) electrons. The number of carboxylic acids is 1. The van der Waals surface area contributed by atoms with Crippen LogP contribution in [-0.2, 0) is 16.1 Å². The Morgan fingerprint density at radius 1 is 1.25 bits per heavy atom. The van der Waals surface area contributed by atoms with Gasteiger partial charge < -0.3 is 10.0 Å². The molecule has 0 heterocycles. The molecule has 1 aromatic carbocycles. The average Bonchev–Trinajstić information content (AvgIpc) is 2.28. The van der Waals surface area contributed by atoms with Crippen LogP contribution < -0.4 is 0 Å². The molecule has 1 N–H and O–H groups in total. The number of carbonyl (C=O) groups excluding carboxylic acids is 1. The summed E-state index contributed by atoms with van der Waals surface area (Å²) in [5, 5.41) is 8.83. The number of amides is 1. The molecule has 0 saturated heterocycles. The van der Waals surface area contributed by atoms with Crippen molar-refractivity contribution in [1.82, 2.24) is 4.90 Å². The third-order valence-electron chi connectivity index (χ3n) is 2.01. The van der Waals surface area contributed by atoms with Crippen molar-refractivity contribution in [2.24, 2.45) is 0 Å². The maximum absolute atomic E-state index is 11.5. The fourth-order valence-corrected chi connectivity index (χ4v) is 1.64. The van der Waals surface area contributed by atoms with E-state index in [9.17, 15) is 9.59 Å². The van der Waals surface area contributed by atoms with E-state index < -0.39 is 5.97 Å². The topological polar surface area (TPSA) is 57.6 Å². The number of carbonyl (C=O) groups is 2. The lowest BCUT2D eigenvalue weighted by molar-refractivity contribution is -0.143. The van der Waals surface area contributed by atoms with Gasteiger partial charge in [-0.25, -0.2) is 0 Å². The van der Waals surface area contributed by atoms with E-state index in [0.29, 0.717) is 6.54 Å². The summed E-state index contributed by atoms with van der Waals surface area (Å²) in [6.07, 6.45) is 0. The number of hydrogen-bond donors (Lipinski definition) is 1. The van der Waals surface area contributed by atoms with Crippen molar-refractivity contribution >= 4 is 27.8 Å². The Bertz CT molecular complexity index is 367. The number of rotatable bonds is 5. The molecule has 86 valence electrons. The van der Waals surface area contributed by atoms with Crippen molar-refractivity contribution < 1.29 is 14.7 Å². The van der Waals surface area contributed by atoms with Gasteiger partial charge in [0, 0.05) is 6.54 Å². The van der Waals surface area contributed by atoms with Gasteiger partial charge in [0.05, 0.1) is 5.33 Å². The van der Waals surface area contributed by atoms with Gasteiger partial charge in [-0.2, -0.15) is 0 Å². The molecule has 1 aromatic rings. The van der Waals surface area contributed by atoms with Crippen LogP contribution >= 0.6 is 15.9 Å². The van der Waals surface area contributed by atoms with Gasteiger partial charge in [-0.05, 0) is 5.56 Å². The van der Waals surface area contributed by atoms with Crippen molar-refractivity contribution in [2.75, 3.05) is 11.9 Å². The molecule has 0 aromatic heterocycles. The third-order valence-corrected chi connectivity index (χ3v) is 2.49. The standard InChI is InChI=1S/C11H12BrNO3/c12-6-10(14)13(8-11(15)16)7-9-4-2-1-3-5-9/h1-5H,6-8H2,(H,15,16). The molecule has 1 rings (SSSR count). The molecule has 0 atom stereocenters. The highest BCUT2D eigenvalue weighted by molar-refractivity contribution is 9.09.